The highest BCUT2D eigenvalue weighted by molar-refractivity contribution is 8.18. The van der Waals surface area contributed by atoms with E-state index in [1.54, 1.807) is 12.4 Å². The monoisotopic (exact) mass is 321 g/mol. The standard InChI is InChI=1S/C18H15N3OS/c22-17-16(10-13-4-3-8-19-11-13)23-18(20-17)21-9-7-14-5-1-2-6-15(14)12-21/h1-6,8,10-11H,7,9,12H2. The number of nitrogens with zero attached hydrogens (tertiary/aromatic N) is 3. The lowest BCUT2D eigenvalue weighted by molar-refractivity contribution is -0.113. The molecule has 2 aliphatic rings. The Kier molecular flexibility index (Phi) is 3.71. The average molecular weight is 321 g/mol. The lowest BCUT2D eigenvalue weighted by Gasteiger charge is -2.29. The highest BCUT2D eigenvalue weighted by Gasteiger charge is 2.28. The van der Waals surface area contributed by atoms with Gasteiger partial charge in [0, 0.05) is 25.5 Å². The SMILES string of the molecule is O=C1N=C(N2CCc3ccccc3C2)SC1=Cc1cccnc1. The minimum absolute atomic E-state index is 0.160. The van der Waals surface area contributed by atoms with Crippen LogP contribution in [-0.2, 0) is 17.8 Å². The molecule has 2 aromatic rings. The van der Waals surface area contributed by atoms with Crippen LogP contribution in [-0.4, -0.2) is 27.5 Å². The van der Waals surface area contributed by atoms with E-state index in [0.717, 1.165) is 30.2 Å². The van der Waals surface area contributed by atoms with Crippen molar-refractivity contribution in [1.29, 1.82) is 0 Å². The molecule has 0 atom stereocenters. The Balaban J connectivity index is 1.53. The number of rotatable bonds is 1. The quantitative estimate of drug-likeness (QED) is 0.757. The molecule has 0 aliphatic carbocycles. The molecule has 3 heterocycles. The molecule has 1 amide bonds. The number of benzene rings is 1. The van der Waals surface area contributed by atoms with Crippen molar-refractivity contribution in [2.24, 2.45) is 4.99 Å². The number of carbonyl (C=O) groups excluding carboxylic acids is 1. The fourth-order valence-corrected chi connectivity index (χ4v) is 3.74. The molecule has 2 aliphatic heterocycles. The third kappa shape index (κ3) is 2.92. The van der Waals surface area contributed by atoms with Crippen LogP contribution in [0.5, 0.6) is 0 Å². The summed E-state index contributed by atoms with van der Waals surface area (Å²) in [5.41, 5.74) is 3.63. The van der Waals surface area contributed by atoms with Crippen LogP contribution in [0.1, 0.15) is 16.7 Å². The van der Waals surface area contributed by atoms with E-state index in [9.17, 15) is 4.79 Å². The number of aliphatic imine (C=N–C) groups is 1. The summed E-state index contributed by atoms with van der Waals surface area (Å²) in [5, 5.41) is 0.805. The molecule has 0 saturated carbocycles. The van der Waals surface area contributed by atoms with Gasteiger partial charge >= 0.3 is 0 Å². The minimum Gasteiger partial charge on any atom is -0.346 e. The van der Waals surface area contributed by atoms with E-state index >= 15 is 0 Å². The summed E-state index contributed by atoms with van der Waals surface area (Å²) in [7, 11) is 0. The average Bonchev–Trinajstić information content (AvgIpc) is 2.96. The van der Waals surface area contributed by atoms with Crippen molar-refractivity contribution in [3.8, 4) is 0 Å². The summed E-state index contributed by atoms with van der Waals surface area (Å²) in [5.74, 6) is -0.160. The Morgan fingerprint density at radius 3 is 2.83 bits per heavy atom. The van der Waals surface area contributed by atoms with Crippen LogP contribution in [0.3, 0.4) is 0 Å². The Labute approximate surface area is 139 Å². The minimum atomic E-state index is -0.160. The highest BCUT2D eigenvalue weighted by Crippen LogP contribution is 2.32. The van der Waals surface area contributed by atoms with Crippen LogP contribution in [0.25, 0.3) is 6.08 Å². The Hall–Kier alpha value is -2.40. The predicted octanol–water partition coefficient (Wildman–Crippen LogP) is 3.11. The fourth-order valence-electron chi connectivity index (χ4n) is 2.80. The van der Waals surface area contributed by atoms with Crippen molar-refractivity contribution in [3.63, 3.8) is 0 Å². The van der Waals surface area contributed by atoms with E-state index in [4.69, 9.17) is 0 Å². The maximum absolute atomic E-state index is 12.2. The maximum Gasteiger partial charge on any atom is 0.286 e. The molecule has 0 unspecified atom stereocenters. The second-order valence-electron chi connectivity index (χ2n) is 5.54. The first kappa shape index (κ1) is 14.2. The first-order valence-corrected chi connectivity index (χ1v) is 8.35. The van der Waals surface area contributed by atoms with Gasteiger partial charge in [0.25, 0.3) is 5.91 Å². The second kappa shape index (κ2) is 6.01. The van der Waals surface area contributed by atoms with Crippen LogP contribution < -0.4 is 0 Å². The number of amidine groups is 1. The smallest absolute Gasteiger partial charge is 0.286 e. The van der Waals surface area contributed by atoms with Gasteiger partial charge < -0.3 is 4.90 Å². The molecule has 0 N–H and O–H groups in total. The molecular formula is C18H15N3OS. The van der Waals surface area contributed by atoms with Crippen LogP contribution in [0, 0.1) is 0 Å². The van der Waals surface area contributed by atoms with Crippen LogP contribution in [0.2, 0.25) is 0 Å². The number of hydrogen-bond donors (Lipinski definition) is 0. The molecular weight excluding hydrogens is 306 g/mol. The highest BCUT2D eigenvalue weighted by atomic mass is 32.2. The van der Waals surface area contributed by atoms with Crippen LogP contribution in [0.15, 0.2) is 58.7 Å². The van der Waals surface area contributed by atoms with Gasteiger partial charge in [-0.15, -0.1) is 0 Å². The molecule has 0 bridgehead atoms. The number of thioether (sulfide) groups is 1. The van der Waals surface area contributed by atoms with E-state index in [0.29, 0.717) is 4.91 Å². The number of amides is 1. The van der Waals surface area contributed by atoms with E-state index < -0.39 is 0 Å². The third-order valence-electron chi connectivity index (χ3n) is 3.99. The first-order valence-electron chi connectivity index (χ1n) is 7.54. The van der Waals surface area contributed by atoms with Crippen molar-refractivity contribution in [2.75, 3.05) is 6.54 Å². The first-order chi connectivity index (χ1) is 11.3. The Bertz CT molecular complexity index is 814. The molecule has 5 heteroatoms. The maximum atomic E-state index is 12.2. The summed E-state index contributed by atoms with van der Waals surface area (Å²) in [6.07, 6.45) is 6.31. The zero-order valence-corrected chi connectivity index (χ0v) is 13.3. The van der Waals surface area contributed by atoms with Crippen LogP contribution in [0.4, 0.5) is 0 Å². The number of aromatic nitrogens is 1. The molecule has 0 saturated heterocycles. The zero-order valence-electron chi connectivity index (χ0n) is 12.5. The van der Waals surface area contributed by atoms with Gasteiger partial charge in [-0.1, -0.05) is 30.3 Å². The van der Waals surface area contributed by atoms with Crippen molar-refractivity contribution in [2.45, 2.75) is 13.0 Å². The zero-order chi connectivity index (χ0) is 15.6. The second-order valence-corrected chi connectivity index (χ2v) is 6.55. The summed E-state index contributed by atoms with van der Waals surface area (Å²) in [6.45, 7) is 1.71. The number of pyridine rings is 1. The number of carbonyl (C=O) groups is 1. The van der Waals surface area contributed by atoms with E-state index in [1.807, 2.05) is 18.2 Å². The molecule has 1 aromatic heterocycles. The molecule has 23 heavy (non-hydrogen) atoms. The van der Waals surface area contributed by atoms with Gasteiger partial charge in [0.05, 0.1) is 4.91 Å². The third-order valence-corrected chi connectivity index (χ3v) is 5.04. The van der Waals surface area contributed by atoms with E-state index in [-0.39, 0.29) is 5.91 Å². The Morgan fingerprint density at radius 1 is 1.13 bits per heavy atom. The van der Waals surface area contributed by atoms with Gasteiger partial charge in [0.1, 0.15) is 0 Å². The van der Waals surface area contributed by atoms with Gasteiger partial charge in [0.15, 0.2) is 5.17 Å². The van der Waals surface area contributed by atoms with Crippen molar-refractivity contribution in [1.82, 2.24) is 9.88 Å². The molecule has 0 spiro atoms. The topological polar surface area (TPSA) is 45.6 Å². The van der Waals surface area contributed by atoms with Crippen molar-refractivity contribution < 1.29 is 4.79 Å². The lowest BCUT2D eigenvalue weighted by atomic mass is 10.0. The van der Waals surface area contributed by atoms with E-state index in [2.05, 4.69) is 39.1 Å². The molecule has 0 fully saturated rings. The number of hydrogen-bond acceptors (Lipinski definition) is 4. The summed E-state index contributed by atoms with van der Waals surface area (Å²) >= 11 is 1.45. The fraction of sp³-hybridized carbons (Fsp3) is 0.167. The van der Waals surface area contributed by atoms with Gasteiger partial charge in [-0.05, 0) is 47.0 Å². The molecule has 1 aromatic carbocycles. The van der Waals surface area contributed by atoms with Gasteiger partial charge in [-0.3, -0.25) is 9.78 Å². The van der Waals surface area contributed by atoms with Crippen LogP contribution >= 0.6 is 11.8 Å². The molecule has 114 valence electrons. The largest absolute Gasteiger partial charge is 0.346 e. The molecule has 4 nitrogen and oxygen atoms in total. The normalized spacial score (nSPS) is 19.0. The van der Waals surface area contributed by atoms with Gasteiger partial charge in [-0.2, -0.15) is 4.99 Å². The van der Waals surface area contributed by atoms with Crippen molar-refractivity contribution >= 4 is 28.9 Å². The summed E-state index contributed by atoms with van der Waals surface area (Å²) < 4.78 is 0. The lowest BCUT2D eigenvalue weighted by Crippen LogP contribution is -2.33. The number of fused-ring (bicyclic) bond motifs is 1. The Morgan fingerprint density at radius 2 is 2.00 bits per heavy atom. The van der Waals surface area contributed by atoms with Gasteiger partial charge in [0.2, 0.25) is 0 Å². The van der Waals surface area contributed by atoms with E-state index in [1.165, 1.54) is 22.9 Å². The summed E-state index contributed by atoms with van der Waals surface area (Å²) in [4.78, 5) is 23.3. The molecule has 0 radical (unpaired) electrons. The molecule has 4 rings (SSSR count). The van der Waals surface area contributed by atoms with Gasteiger partial charge in [-0.25, -0.2) is 0 Å². The predicted molar refractivity (Wildman–Crippen MR) is 92.8 cm³/mol. The van der Waals surface area contributed by atoms with Crippen molar-refractivity contribution in [3.05, 3.63) is 70.4 Å². The summed E-state index contributed by atoms with van der Waals surface area (Å²) in [6, 6.07) is 12.3.